The average molecular weight is 216 g/mol. The van der Waals surface area contributed by atoms with Gasteiger partial charge in [0.2, 0.25) is 0 Å². The number of benzene rings is 1. The first kappa shape index (κ1) is 10.9. The minimum absolute atomic E-state index is 0.0933. The fourth-order valence-corrected chi connectivity index (χ4v) is 1.97. The van der Waals surface area contributed by atoms with Gasteiger partial charge in [0.15, 0.2) is 0 Å². The molecule has 0 radical (unpaired) electrons. The van der Waals surface area contributed by atoms with Gasteiger partial charge in [-0.15, -0.1) is 0 Å². The number of fused-ring (bicyclic) bond motifs is 1. The number of aromatic nitrogens is 1. The van der Waals surface area contributed by atoms with Crippen molar-refractivity contribution in [1.29, 1.82) is 0 Å². The fraction of sp³-hybridized carbons (Fsp3) is 0.308. The van der Waals surface area contributed by atoms with Crippen molar-refractivity contribution in [1.82, 2.24) is 10.3 Å². The maximum absolute atomic E-state index is 10.9. The summed E-state index contributed by atoms with van der Waals surface area (Å²) in [5.41, 5.74) is 2.31. The number of aromatic amines is 1. The third kappa shape index (κ3) is 2.14. The summed E-state index contributed by atoms with van der Waals surface area (Å²) in [5.74, 6) is 0. The Morgan fingerprint density at radius 1 is 1.44 bits per heavy atom. The molecule has 0 bridgehead atoms. The van der Waals surface area contributed by atoms with Crippen molar-refractivity contribution in [2.24, 2.45) is 0 Å². The van der Waals surface area contributed by atoms with Crippen LogP contribution in [0.3, 0.4) is 0 Å². The summed E-state index contributed by atoms with van der Waals surface area (Å²) in [6.07, 6.45) is 3.70. The van der Waals surface area contributed by atoms with Gasteiger partial charge in [0.25, 0.3) is 0 Å². The Bertz CT molecular complexity index is 475. The van der Waals surface area contributed by atoms with Crippen LogP contribution in [0.5, 0.6) is 0 Å². The van der Waals surface area contributed by atoms with E-state index in [2.05, 4.69) is 16.4 Å². The van der Waals surface area contributed by atoms with Gasteiger partial charge < -0.3 is 15.1 Å². The summed E-state index contributed by atoms with van der Waals surface area (Å²) >= 11 is 0. The van der Waals surface area contributed by atoms with E-state index in [1.807, 2.05) is 31.3 Å². The van der Waals surface area contributed by atoms with E-state index in [4.69, 9.17) is 0 Å². The molecule has 1 aromatic carbocycles. The Hall–Kier alpha value is -1.61. The van der Waals surface area contributed by atoms with Crippen LogP contribution in [0.1, 0.15) is 12.5 Å². The van der Waals surface area contributed by atoms with E-state index in [9.17, 15) is 4.79 Å². The number of carbonyl (C=O) groups is 1. The Balaban J connectivity index is 2.23. The average Bonchev–Trinajstić information content (AvgIpc) is 2.72. The topological polar surface area (TPSA) is 44.9 Å². The van der Waals surface area contributed by atoms with Crippen molar-refractivity contribution in [3.8, 4) is 0 Å². The zero-order chi connectivity index (χ0) is 11.4. The molecule has 0 unspecified atom stereocenters. The highest BCUT2D eigenvalue weighted by Crippen LogP contribution is 2.18. The van der Waals surface area contributed by atoms with Crippen LogP contribution in [0.2, 0.25) is 0 Å². The second-order valence-corrected chi connectivity index (χ2v) is 3.86. The molecule has 0 aliphatic carbocycles. The molecule has 0 aliphatic rings. The number of rotatable bonds is 5. The minimum atomic E-state index is -0.0933. The smallest absolute Gasteiger partial charge is 0.137 e. The molecule has 3 heteroatoms. The largest absolute Gasteiger partial charge is 0.361 e. The molecule has 0 spiro atoms. The normalized spacial score (nSPS) is 12.8. The van der Waals surface area contributed by atoms with Crippen LogP contribution in [0.25, 0.3) is 10.9 Å². The molecular formula is C13H16N2O. The maximum Gasteiger partial charge on any atom is 0.137 e. The third-order valence-electron chi connectivity index (χ3n) is 2.75. The van der Waals surface area contributed by atoms with Crippen LogP contribution < -0.4 is 5.32 Å². The number of carbonyl (C=O) groups excluding carboxylic acids is 1. The molecule has 3 nitrogen and oxygen atoms in total. The molecule has 0 amide bonds. The highest BCUT2D eigenvalue weighted by Gasteiger charge is 2.09. The molecule has 0 saturated heterocycles. The van der Waals surface area contributed by atoms with E-state index in [1.54, 1.807) is 0 Å². The highest BCUT2D eigenvalue weighted by atomic mass is 16.1. The van der Waals surface area contributed by atoms with Crippen LogP contribution in [-0.4, -0.2) is 23.9 Å². The van der Waals surface area contributed by atoms with Crippen molar-refractivity contribution >= 4 is 17.2 Å². The van der Waals surface area contributed by atoms with Gasteiger partial charge in [0.05, 0.1) is 6.04 Å². The lowest BCUT2D eigenvalue weighted by Gasteiger charge is -2.09. The molecule has 0 aliphatic heterocycles. The van der Waals surface area contributed by atoms with E-state index in [-0.39, 0.29) is 6.04 Å². The number of H-pyrrole nitrogens is 1. The SMILES string of the molecule is CCN[C@H](C=O)Cc1c[nH]c2ccccc12. The molecule has 1 heterocycles. The van der Waals surface area contributed by atoms with Crippen molar-refractivity contribution in [3.63, 3.8) is 0 Å². The number of likely N-dealkylation sites (N-methyl/N-ethyl adjacent to an activating group) is 1. The summed E-state index contributed by atoms with van der Waals surface area (Å²) in [5, 5.41) is 4.35. The molecule has 1 atom stereocenters. The summed E-state index contributed by atoms with van der Waals surface area (Å²) in [4.78, 5) is 14.1. The summed E-state index contributed by atoms with van der Waals surface area (Å²) in [6.45, 7) is 2.82. The third-order valence-corrected chi connectivity index (χ3v) is 2.75. The number of para-hydroxylation sites is 1. The Morgan fingerprint density at radius 3 is 3.00 bits per heavy atom. The van der Waals surface area contributed by atoms with Crippen LogP contribution in [0.4, 0.5) is 0 Å². The first-order valence-electron chi connectivity index (χ1n) is 5.58. The monoisotopic (exact) mass is 216 g/mol. The molecule has 84 valence electrons. The quantitative estimate of drug-likeness (QED) is 0.750. The van der Waals surface area contributed by atoms with Gasteiger partial charge in [-0.1, -0.05) is 25.1 Å². The lowest BCUT2D eigenvalue weighted by atomic mass is 10.1. The second-order valence-electron chi connectivity index (χ2n) is 3.86. The maximum atomic E-state index is 10.9. The van der Waals surface area contributed by atoms with Crippen LogP contribution in [0.15, 0.2) is 30.5 Å². The predicted molar refractivity (Wildman–Crippen MR) is 65.5 cm³/mol. The zero-order valence-electron chi connectivity index (χ0n) is 9.36. The van der Waals surface area contributed by atoms with Gasteiger partial charge in [-0.25, -0.2) is 0 Å². The molecule has 0 saturated carbocycles. The fourth-order valence-electron chi connectivity index (χ4n) is 1.97. The molecule has 1 aromatic heterocycles. The van der Waals surface area contributed by atoms with Crippen molar-refractivity contribution < 1.29 is 4.79 Å². The Labute approximate surface area is 94.9 Å². The molecule has 2 rings (SSSR count). The van der Waals surface area contributed by atoms with E-state index >= 15 is 0 Å². The van der Waals surface area contributed by atoms with Gasteiger partial charge in [0.1, 0.15) is 6.29 Å². The van der Waals surface area contributed by atoms with Crippen LogP contribution >= 0.6 is 0 Å². The summed E-state index contributed by atoms with van der Waals surface area (Å²) in [7, 11) is 0. The lowest BCUT2D eigenvalue weighted by Crippen LogP contribution is -2.32. The van der Waals surface area contributed by atoms with E-state index in [0.717, 1.165) is 24.8 Å². The first-order chi connectivity index (χ1) is 7.85. The lowest BCUT2D eigenvalue weighted by molar-refractivity contribution is -0.109. The second kappa shape index (κ2) is 4.94. The highest BCUT2D eigenvalue weighted by molar-refractivity contribution is 5.83. The van der Waals surface area contributed by atoms with Gasteiger partial charge in [-0.05, 0) is 24.6 Å². The van der Waals surface area contributed by atoms with Gasteiger partial charge in [-0.3, -0.25) is 0 Å². The van der Waals surface area contributed by atoms with E-state index in [1.165, 1.54) is 10.9 Å². The standard InChI is InChI=1S/C13H16N2O/c1-2-14-11(9-16)7-10-8-15-13-6-4-3-5-12(10)13/h3-6,8-9,11,14-15H,2,7H2,1H3/t11-/m0/s1. The molecule has 0 fully saturated rings. The molecule has 2 N–H and O–H groups in total. The number of hydrogen-bond donors (Lipinski definition) is 2. The summed E-state index contributed by atoms with van der Waals surface area (Å²) in [6, 6.07) is 8.05. The van der Waals surface area contributed by atoms with Crippen molar-refractivity contribution in [2.45, 2.75) is 19.4 Å². The zero-order valence-corrected chi connectivity index (χ0v) is 9.36. The summed E-state index contributed by atoms with van der Waals surface area (Å²) < 4.78 is 0. The van der Waals surface area contributed by atoms with Crippen molar-refractivity contribution in [2.75, 3.05) is 6.54 Å². The Morgan fingerprint density at radius 2 is 2.25 bits per heavy atom. The Kier molecular flexibility index (Phi) is 3.37. The van der Waals surface area contributed by atoms with Crippen LogP contribution in [0, 0.1) is 0 Å². The first-order valence-corrected chi connectivity index (χ1v) is 5.58. The van der Waals surface area contributed by atoms with Gasteiger partial charge in [-0.2, -0.15) is 0 Å². The predicted octanol–water partition coefficient (Wildman–Crippen LogP) is 1.89. The van der Waals surface area contributed by atoms with Gasteiger partial charge in [0, 0.05) is 17.1 Å². The van der Waals surface area contributed by atoms with E-state index < -0.39 is 0 Å². The van der Waals surface area contributed by atoms with E-state index in [0.29, 0.717) is 0 Å². The molecule has 16 heavy (non-hydrogen) atoms. The number of aldehydes is 1. The van der Waals surface area contributed by atoms with Crippen molar-refractivity contribution in [3.05, 3.63) is 36.0 Å². The number of nitrogens with one attached hydrogen (secondary N) is 2. The molecule has 2 aromatic rings. The molecular weight excluding hydrogens is 200 g/mol. The van der Waals surface area contributed by atoms with Gasteiger partial charge >= 0.3 is 0 Å². The van der Waals surface area contributed by atoms with Crippen LogP contribution in [-0.2, 0) is 11.2 Å². The number of hydrogen-bond acceptors (Lipinski definition) is 2. The minimum Gasteiger partial charge on any atom is -0.361 e.